The third-order valence-corrected chi connectivity index (χ3v) is 7.27. The number of carboxylic acid groups (broad SMARTS) is 1. The molecule has 0 amide bonds. The van der Waals surface area contributed by atoms with Gasteiger partial charge in [-0.25, -0.2) is 0 Å². The Morgan fingerprint density at radius 1 is 0.636 bits per heavy atom. The molecule has 2 rings (SSSR count). The molecule has 0 aromatic carbocycles. The van der Waals surface area contributed by atoms with Crippen LogP contribution >= 0.6 is 0 Å². The fraction of sp³-hybridized carbons (Fsp3) is 0.926. The highest BCUT2D eigenvalue weighted by molar-refractivity contribution is 5.69. The van der Waals surface area contributed by atoms with Gasteiger partial charge in [0.25, 0.3) is 0 Å². The molecule has 2 fully saturated rings. The van der Waals surface area contributed by atoms with E-state index in [1.54, 1.807) is 0 Å². The number of carbonyl (C=O) groups is 2. The molecule has 0 unspecified atom stereocenters. The summed E-state index contributed by atoms with van der Waals surface area (Å²) in [5, 5.41) is 8.60. The minimum Gasteiger partial charge on any atom is -0.481 e. The molecule has 33 heavy (non-hydrogen) atoms. The lowest BCUT2D eigenvalue weighted by Gasteiger charge is -2.35. The Labute approximate surface area is 202 Å². The van der Waals surface area contributed by atoms with Crippen molar-refractivity contribution in [1.29, 1.82) is 0 Å². The van der Waals surface area contributed by atoms with Gasteiger partial charge in [0, 0.05) is 12.8 Å². The first-order chi connectivity index (χ1) is 16.2. The van der Waals surface area contributed by atoms with Crippen LogP contribution in [0.4, 0.5) is 0 Å². The fourth-order valence-corrected chi connectivity index (χ4v) is 5.32. The lowest BCUT2D eigenvalue weighted by molar-refractivity contribution is -0.144. The standard InChI is InChI=1S/C27H50N2O4/c30-26(31)18-10-6-1-2-7-11-19-27(32)33-24-16-8-4-3-5-9-17-25(28-20-12-13-21-28)29-22-14-15-23-29/h25H,1-24H2,(H,30,31). The van der Waals surface area contributed by atoms with Crippen LogP contribution in [-0.2, 0) is 14.3 Å². The van der Waals surface area contributed by atoms with Gasteiger partial charge < -0.3 is 9.84 Å². The Morgan fingerprint density at radius 2 is 1.09 bits per heavy atom. The normalized spacial score (nSPS) is 17.2. The number of nitrogens with zero attached hydrogens (tertiary/aromatic N) is 2. The summed E-state index contributed by atoms with van der Waals surface area (Å²) in [6, 6.07) is 0. The van der Waals surface area contributed by atoms with Crippen LogP contribution in [0.3, 0.4) is 0 Å². The van der Waals surface area contributed by atoms with Crippen LogP contribution in [0.1, 0.15) is 122 Å². The summed E-state index contributed by atoms with van der Waals surface area (Å²) >= 11 is 0. The average Bonchev–Trinajstić information content (AvgIpc) is 3.51. The van der Waals surface area contributed by atoms with Gasteiger partial charge in [-0.05, 0) is 77.5 Å². The maximum Gasteiger partial charge on any atom is 0.305 e. The van der Waals surface area contributed by atoms with Crippen LogP contribution in [0.5, 0.6) is 0 Å². The summed E-state index contributed by atoms with van der Waals surface area (Å²) in [6.45, 7) is 5.77. The maximum absolute atomic E-state index is 11.8. The van der Waals surface area contributed by atoms with Crippen molar-refractivity contribution >= 4 is 11.9 Å². The molecule has 2 aliphatic heterocycles. The van der Waals surface area contributed by atoms with Crippen molar-refractivity contribution < 1.29 is 19.4 Å². The Balaban J connectivity index is 1.35. The van der Waals surface area contributed by atoms with Crippen molar-refractivity contribution in [3.63, 3.8) is 0 Å². The Morgan fingerprint density at radius 3 is 1.64 bits per heavy atom. The van der Waals surface area contributed by atoms with E-state index in [-0.39, 0.29) is 12.4 Å². The second-order valence-electron chi connectivity index (χ2n) is 10.1. The average molecular weight is 467 g/mol. The number of esters is 1. The van der Waals surface area contributed by atoms with E-state index in [1.807, 2.05) is 0 Å². The third kappa shape index (κ3) is 13.4. The van der Waals surface area contributed by atoms with Gasteiger partial charge in [-0.15, -0.1) is 0 Å². The second-order valence-corrected chi connectivity index (χ2v) is 10.1. The Bertz CT molecular complexity index is 500. The van der Waals surface area contributed by atoms with E-state index < -0.39 is 5.97 Å². The first-order valence-corrected chi connectivity index (χ1v) is 14.0. The van der Waals surface area contributed by atoms with E-state index in [1.165, 1.54) is 84.0 Å². The van der Waals surface area contributed by atoms with Crippen LogP contribution in [-0.4, -0.2) is 65.8 Å². The predicted molar refractivity (Wildman–Crippen MR) is 133 cm³/mol. The van der Waals surface area contributed by atoms with Crippen molar-refractivity contribution in [3.8, 4) is 0 Å². The smallest absolute Gasteiger partial charge is 0.305 e. The SMILES string of the molecule is O=C(O)CCCCCCCCC(=O)OCCCCCCCCC(N1CCCC1)N1CCCC1. The largest absolute Gasteiger partial charge is 0.481 e. The highest BCUT2D eigenvalue weighted by Gasteiger charge is 2.28. The minimum atomic E-state index is -0.711. The first-order valence-electron chi connectivity index (χ1n) is 14.0. The third-order valence-electron chi connectivity index (χ3n) is 7.27. The van der Waals surface area contributed by atoms with Crippen LogP contribution in [0.15, 0.2) is 0 Å². The maximum atomic E-state index is 11.8. The highest BCUT2D eigenvalue weighted by Crippen LogP contribution is 2.23. The molecule has 1 N–H and O–H groups in total. The number of carbonyl (C=O) groups excluding carboxylic acids is 1. The number of hydrogen-bond donors (Lipinski definition) is 1. The summed E-state index contributed by atoms with van der Waals surface area (Å²) in [5.41, 5.74) is 0. The van der Waals surface area contributed by atoms with Crippen LogP contribution in [0.25, 0.3) is 0 Å². The number of hydrogen-bond acceptors (Lipinski definition) is 5. The van der Waals surface area contributed by atoms with Crippen LogP contribution in [0.2, 0.25) is 0 Å². The molecule has 0 spiro atoms. The van der Waals surface area contributed by atoms with Gasteiger partial charge in [-0.1, -0.05) is 57.8 Å². The number of rotatable bonds is 20. The van der Waals surface area contributed by atoms with E-state index >= 15 is 0 Å². The van der Waals surface area contributed by atoms with E-state index in [4.69, 9.17) is 9.84 Å². The van der Waals surface area contributed by atoms with E-state index in [9.17, 15) is 9.59 Å². The quantitative estimate of drug-likeness (QED) is 0.176. The van der Waals surface area contributed by atoms with Gasteiger partial charge in [-0.3, -0.25) is 19.4 Å². The van der Waals surface area contributed by atoms with Crippen LogP contribution < -0.4 is 0 Å². The predicted octanol–water partition coefficient (Wildman–Crippen LogP) is 5.98. The highest BCUT2D eigenvalue weighted by atomic mass is 16.5. The van der Waals surface area contributed by atoms with E-state index in [0.29, 0.717) is 19.2 Å². The number of aliphatic carboxylic acids is 1. The summed E-state index contributed by atoms with van der Waals surface area (Å²) < 4.78 is 5.37. The van der Waals surface area contributed by atoms with Gasteiger partial charge >= 0.3 is 11.9 Å². The van der Waals surface area contributed by atoms with Crippen molar-refractivity contribution in [2.24, 2.45) is 0 Å². The zero-order valence-corrected chi connectivity index (χ0v) is 21.1. The second kappa shape index (κ2) is 18.2. The molecule has 0 aromatic heterocycles. The summed E-state index contributed by atoms with van der Waals surface area (Å²) in [4.78, 5) is 27.7. The number of likely N-dealkylation sites (tertiary alicyclic amines) is 2. The zero-order chi connectivity index (χ0) is 23.6. The Kier molecular flexibility index (Phi) is 15.5. The monoisotopic (exact) mass is 466 g/mol. The summed E-state index contributed by atoms with van der Waals surface area (Å²) in [6.07, 6.45) is 21.5. The first kappa shape index (κ1) is 28.1. The number of ether oxygens (including phenoxy) is 1. The van der Waals surface area contributed by atoms with Crippen molar-refractivity contribution in [2.45, 2.75) is 128 Å². The van der Waals surface area contributed by atoms with Crippen molar-refractivity contribution in [1.82, 2.24) is 9.80 Å². The van der Waals surface area contributed by atoms with Crippen LogP contribution in [0, 0.1) is 0 Å². The molecule has 2 heterocycles. The molecular formula is C27H50N2O4. The lowest BCUT2D eigenvalue weighted by Crippen LogP contribution is -2.45. The van der Waals surface area contributed by atoms with Crippen molar-refractivity contribution in [3.05, 3.63) is 0 Å². The molecule has 0 radical (unpaired) electrons. The topological polar surface area (TPSA) is 70.1 Å². The van der Waals surface area contributed by atoms with Gasteiger partial charge in [-0.2, -0.15) is 0 Å². The molecule has 192 valence electrons. The molecule has 0 bridgehead atoms. The van der Waals surface area contributed by atoms with E-state index in [2.05, 4.69) is 9.80 Å². The Hall–Kier alpha value is -1.14. The summed E-state index contributed by atoms with van der Waals surface area (Å²) in [5.74, 6) is -0.771. The molecule has 2 aliphatic rings. The summed E-state index contributed by atoms with van der Waals surface area (Å²) in [7, 11) is 0. The molecule has 2 saturated heterocycles. The molecule has 6 heteroatoms. The molecule has 0 aromatic rings. The molecule has 0 saturated carbocycles. The molecule has 6 nitrogen and oxygen atoms in total. The number of unbranched alkanes of at least 4 members (excludes halogenated alkanes) is 10. The fourth-order valence-electron chi connectivity index (χ4n) is 5.32. The molecule has 0 atom stereocenters. The van der Waals surface area contributed by atoms with Gasteiger partial charge in [0.15, 0.2) is 0 Å². The number of carboxylic acids is 1. The lowest BCUT2D eigenvalue weighted by atomic mass is 10.1. The van der Waals surface area contributed by atoms with Gasteiger partial charge in [0.05, 0.1) is 12.8 Å². The van der Waals surface area contributed by atoms with Gasteiger partial charge in [0.1, 0.15) is 0 Å². The molecular weight excluding hydrogens is 416 g/mol. The minimum absolute atomic E-state index is 0.0595. The zero-order valence-electron chi connectivity index (χ0n) is 21.1. The van der Waals surface area contributed by atoms with Crippen molar-refractivity contribution in [2.75, 3.05) is 32.8 Å². The van der Waals surface area contributed by atoms with E-state index in [0.717, 1.165) is 51.4 Å². The molecule has 0 aliphatic carbocycles. The van der Waals surface area contributed by atoms with Gasteiger partial charge in [0.2, 0.25) is 0 Å².